The molecule has 1 atom stereocenters. The second-order valence-electron chi connectivity index (χ2n) is 4.12. The number of aryl methyl sites for hydroxylation is 1. The number of amides is 1. The van der Waals surface area contributed by atoms with E-state index < -0.39 is 6.04 Å². The summed E-state index contributed by atoms with van der Waals surface area (Å²) < 4.78 is 0. The van der Waals surface area contributed by atoms with E-state index >= 15 is 0 Å². The number of nitrogens with one attached hydrogen (secondary N) is 2. The molecule has 0 aliphatic heterocycles. The lowest BCUT2D eigenvalue weighted by Gasteiger charge is -2.11. The first-order chi connectivity index (χ1) is 8.17. The van der Waals surface area contributed by atoms with Crippen molar-refractivity contribution in [2.24, 2.45) is 5.73 Å². The molecule has 1 aromatic carbocycles. The normalized spacial score (nSPS) is 12.2. The summed E-state index contributed by atoms with van der Waals surface area (Å²) in [6, 6.07) is 7.76. The molecular weight excluding hydrogens is 214 g/mol. The van der Waals surface area contributed by atoms with Crippen LogP contribution in [0.15, 0.2) is 24.3 Å². The van der Waals surface area contributed by atoms with Gasteiger partial charge in [0, 0.05) is 7.05 Å². The van der Waals surface area contributed by atoms with Crippen LogP contribution < -0.4 is 16.6 Å². The smallest absolute Gasteiger partial charge is 0.251 e. The molecule has 0 spiro atoms. The van der Waals surface area contributed by atoms with E-state index in [1.807, 2.05) is 12.1 Å². The van der Waals surface area contributed by atoms with Crippen LogP contribution in [0.4, 0.5) is 0 Å². The summed E-state index contributed by atoms with van der Waals surface area (Å²) in [5.41, 5.74) is 13.3. The first-order valence-electron chi connectivity index (χ1n) is 5.97. The minimum Gasteiger partial charge on any atom is -0.320 e. The maximum absolute atomic E-state index is 11.4. The summed E-state index contributed by atoms with van der Waals surface area (Å²) in [6.45, 7) is 2.16. The topological polar surface area (TPSA) is 67.2 Å². The molecule has 0 saturated carbocycles. The van der Waals surface area contributed by atoms with Gasteiger partial charge in [-0.15, -0.1) is 0 Å². The quantitative estimate of drug-likeness (QED) is 0.638. The van der Waals surface area contributed by atoms with Gasteiger partial charge in [0.2, 0.25) is 0 Å². The van der Waals surface area contributed by atoms with Gasteiger partial charge in [-0.3, -0.25) is 10.2 Å². The molecule has 0 aliphatic rings. The van der Waals surface area contributed by atoms with Crippen molar-refractivity contribution in [3.63, 3.8) is 0 Å². The van der Waals surface area contributed by atoms with Gasteiger partial charge in [0.25, 0.3) is 5.91 Å². The minimum atomic E-state index is -0.514. The average Bonchev–Trinajstić information content (AvgIpc) is 2.32. The Hall–Kier alpha value is -1.39. The number of carbonyl (C=O) groups excluding carboxylic acids is 1. The number of rotatable bonds is 6. The number of benzene rings is 1. The lowest BCUT2D eigenvalue weighted by atomic mass is 10.0. The van der Waals surface area contributed by atoms with Gasteiger partial charge >= 0.3 is 0 Å². The standard InChI is InChI=1S/C13H21N3O/c1-3-4-10-5-7-11(8-6-10)9-12(14)13(17)16-15-2/h5-8,12,15H,3-4,9,14H2,1-2H3,(H,16,17). The first kappa shape index (κ1) is 13.7. The molecule has 1 rings (SSSR count). The van der Waals surface area contributed by atoms with Crippen LogP contribution in [0.3, 0.4) is 0 Å². The Morgan fingerprint density at radius 3 is 2.41 bits per heavy atom. The monoisotopic (exact) mass is 235 g/mol. The Morgan fingerprint density at radius 2 is 1.88 bits per heavy atom. The number of nitrogens with two attached hydrogens (primary N) is 1. The van der Waals surface area contributed by atoms with Crippen molar-refractivity contribution in [1.82, 2.24) is 10.9 Å². The third-order valence-corrected chi connectivity index (χ3v) is 2.60. The van der Waals surface area contributed by atoms with Crippen LogP contribution in [-0.4, -0.2) is 19.0 Å². The van der Waals surface area contributed by atoms with Crippen molar-refractivity contribution >= 4 is 5.91 Å². The molecule has 0 aliphatic carbocycles. The fourth-order valence-corrected chi connectivity index (χ4v) is 1.69. The van der Waals surface area contributed by atoms with Gasteiger partial charge in [-0.05, 0) is 24.0 Å². The Kier molecular flexibility index (Phi) is 5.66. The Bertz CT molecular complexity index is 348. The predicted molar refractivity (Wildman–Crippen MR) is 69.3 cm³/mol. The van der Waals surface area contributed by atoms with Gasteiger partial charge < -0.3 is 5.73 Å². The van der Waals surface area contributed by atoms with Gasteiger partial charge in [-0.25, -0.2) is 5.43 Å². The highest BCUT2D eigenvalue weighted by Crippen LogP contribution is 2.08. The van der Waals surface area contributed by atoms with Crippen LogP contribution >= 0.6 is 0 Å². The van der Waals surface area contributed by atoms with Gasteiger partial charge in [0.05, 0.1) is 6.04 Å². The number of hydrogen-bond donors (Lipinski definition) is 3. The number of carbonyl (C=O) groups is 1. The van der Waals surface area contributed by atoms with Crippen LogP contribution in [0.1, 0.15) is 24.5 Å². The van der Waals surface area contributed by atoms with E-state index in [2.05, 4.69) is 29.9 Å². The molecule has 4 heteroatoms. The van der Waals surface area contributed by atoms with Gasteiger partial charge in [0.15, 0.2) is 0 Å². The molecular formula is C13H21N3O. The molecule has 0 radical (unpaired) electrons. The van der Waals surface area contributed by atoms with Gasteiger partial charge in [0.1, 0.15) is 0 Å². The molecule has 0 heterocycles. The van der Waals surface area contributed by atoms with Crippen molar-refractivity contribution in [3.05, 3.63) is 35.4 Å². The summed E-state index contributed by atoms with van der Waals surface area (Å²) in [4.78, 5) is 11.4. The largest absolute Gasteiger partial charge is 0.320 e. The van der Waals surface area contributed by atoms with Gasteiger partial charge in [-0.1, -0.05) is 37.6 Å². The van der Waals surface area contributed by atoms with Crippen LogP contribution in [0.2, 0.25) is 0 Å². The average molecular weight is 235 g/mol. The van der Waals surface area contributed by atoms with Crippen LogP contribution in [-0.2, 0) is 17.6 Å². The van der Waals surface area contributed by atoms with Crippen LogP contribution in [0.25, 0.3) is 0 Å². The van der Waals surface area contributed by atoms with Crippen molar-refractivity contribution < 1.29 is 4.79 Å². The highest BCUT2D eigenvalue weighted by Gasteiger charge is 2.12. The summed E-state index contributed by atoms with van der Waals surface area (Å²) in [6.07, 6.45) is 2.79. The van der Waals surface area contributed by atoms with E-state index in [-0.39, 0.29) is 5.91 Å². The molecule has 1 unspecified atom stereocenters. The van der Waals surface area contributed by atoms with E-state index in [9.17, 15) is 4.79 Å². The molecule has 0 bridgehead atoms. The third-order valence-electron chi connectivity index (χ3n) is 2.60. The van der Waals surface area contributed by atoms with Crippen molar-refractivity contribution in [3.8, 4) is 0 Å². The van der Waals surface area contributed by atoms with Crippen molar-refractivity contribution in [2.45, 2.75) is 32.2 Å². The minimum absolute atomic E-state index is 0.190. The Labute approximate surface area is 103 Å². The maximum Gasteiger partial charge on any atom is 0.251 e. The molecule has 0 saturated heterocycles. The van der Waals surface area contributed by atoms with Crippen LogP contribution in [0.5, 0.6) is 0 Å². The van der Waals surface area contributed by atoms with Gasteiger partial charge in [-0.2, -0.15) is 0 Å². The molecule has 4 nitrogen and oxygen atoms in total. The summed E-state index contributed by atoms with van der Waals surface area (Å²) in [5, 5.41) is 0. The zero-order chi connectivity index (χ0) is 12.7. The fraction of sp³-hybridized carbons (Fsp3) is 0.462. The Morgan fingerprint density at radius 1 is 1.29 bits per heavy atom. The van der Waals surface area contributed by atoms with E-state index in [1.165, 1.54) is 5.56 Å². The highest BCUT2D eigenvalue weighted by atomic mass is 16.2. The Balaban J connectivity index is 2.53. The molecule has 94 valence electrons. The summed E-state index contributed by atoms with van der Waals surface area (Å²) in [7, 11) is 1.64. The lowest BCUT2D eigenvalue weighted by molar-refractivity contribution is -0.123. The van der Waals surface area contributed by atoms with E-state index in [0.717, 1.165) is 18.4 Å². The van der Waals surface area contributed by atoms with Crippen LogP contribution in [0, 0.1) is 0 Å². The third kappa shape index (κ3) is 4.54. The molecule has 0 fully saturated rings. The van der Waals surface area contributed by atoms with E-state index in [0.29, 0.717) is 6.42 Å². The fourth-order valence-electron chi connectivity index (χ4n) is 1.69. The van der Waals surface area contributed by atoms with E-state index in [1.54, 1.807) is 7.05 Å². The second kappa shape index (κ2) is 7.04. The second-order valence-corrected chi connectivity index (χ2v) is 4.12. The highest BCUT2D eigenvalue weighted by molar-refractivity contribution is 5.81. The van der Waals surface area contributed by atoms with Crippen molar-refractivity contribution in [1.29, 1.82) is 0 Å². The molecule has 17 heavy (non-hydrogen) atoms. The summed E-state index contributed by atoms with van der Waals surface area (Å²) >= 11 is 0. The zero-order valence-electron chi connectivity index (χ0n) is 10.5. The molecule has 1 amide bonds. The first-order valence-corrected chi connectivity index (χ1v) is 5.97. The summed E-state index contributed by atoms with van der Waals surface area (Å²) in [5.74, 6) is -0.190. The van der Waals surface area contributed by atoms with Crippen molar-refractivity contribution in [2.75, 3.05) is 7.05 Å². The molecule has 0 aromatic heterocycles. The number of hydrogen-bond acceptors (Lipinski definition) is 3. The van der Waals surface area contributed by atoms with E-state index in [4.69, 9.17) is 5.73 Å². The predicted octanol–water partition coefficient (Wildman–Crippen LogP) is 0.760. The molecule has 4 N–H and O–H groups in total. The maximum atomic E-state index is 11.4. The number of hydrazine groups is 1. The lowest BCUT2D eigenvalue weighted by Crippen LogP contribution is -2.46. The molecule has 1 aromatic rings. The SMILES string of the molecule is CCCc1ccc(CC(N)C(=O)NNC)cc1. The zero-order valence-corrected chi connectivity index (χ0v) is 10.5.